The van der Waals surface area contributed by atoms with Gasteiger partial charge in [-0.1, -0.05) is 18.2 Å². The Morgan fingerprint density at radius 3 is 2.65 bits per heavy atom. The lowest BCUT2D eigenvalue weighted by Gasteiger charge is -2.31. The van der Waals surface area contributed by atoms with Crippen LogP contribution in [0.3, 0.4) is 0 Å². The molecule has 1 aromatic carbocycles. The van der Waals surface area contributed by atoms with Gasteiger partial charge in [-0.15, -0.1) is 0 Å². The summed E-state index contributed by atoms with van der Waals surface area (Å²) in [5.41, 5.74) is -0.0263. The second kappa shape index (κ2) is 7.68. The van der Waals surface area contributed by atoms with Crippen LogP contribution in [0.1, 0.15) is 30.9 Å². The van der Waals surface area contributed by atoms with Gasteiger partial charge >= 0.3 is 12.3 Å². The Labute approximate surface area is 133 Å². The minimum absolute atomic E-state index is 0.190. The SMILES string of the molecule is CCOC(=O)N1CCC(NCc2cccc(C(F)(F)F)c2)CC1. The first-order chi connectivity index (χ1) is 10.9. The maximum atomic E-state index is 12.7. The Bertz CT molecular complexity index is 526. The Kier molecular flexibility index (Phi) is 5.87. The van der Waals surface area contributed by atoms with E-state index in [1.807, 2.05) is 0 Å². The van der Waals surface area contributed by atoms with Crippen LogP contribution in [-0.2, 0) is 17.5 Å². The van der Waals surface area contributed by atoms with E-state index in [4.69, 9.17) is 4.74 Å². The molecule has 1 amide bonds. The summed E-state index contributed by atoms with van der Waals surface area (Å²) in [5, 5.41) is 3.26. The van der Waals surface area contributed by atoms with Crippen molar-refractivity contribution in [2.45, 2.75) is 38.5 Å². The summed E-state index contributed by atoms with van der Waals surface area (Å²) in [5.74, 6) is 0. The first-order valence-electron chi connectivity index (χ1n) is 7.71. The summed E-state index contributed by atoms with van der Waals surface area (Å²) in [6.07, 6.45) is -3.10. The molecular formula is C16H21F3N2O2. The van der Waals surface area contributed by atoms with Gasteiger partial charge in [0.2, 0.25) is 0 Å². The van der Waals surface area contributed by atoms with Crippen LogP contribution in [0.25, 0.3) is 0 Å². The molecule has 1 aromatic rings. The van der Waals surface area contributed by atoms with Crippen LogP contribution in [-0.4, -0.2) is 36.7 Å². The molecule has 1 aliphatic rings. The summed E-state index contributed by atoms with van der Waals surface area (Å²) in [6, 6.07) is 5.52. The van der Waals surface area contributed by atoms with Crippen molar-refractivity contribution in [2.75, 3.05) is 19.7 Å². The number of carbonyl (C=O) groups is 1. The van der Waals surface area contributed by atoms with E-state index in [2.05, 4.69) is 5.32 Å². The molecule has 7 heteroatoms. The van der Waals surface area contributed by atoms with Crippen molar-refractivity contribution >= 4 is 6.09 Å². The number of carbonyl (C=O) groups excluding carboxylic acids is 1. The molecule has 1 aliphatic heterocycles. The Hall–Kier alpha value is -1.76. The molecule has 128 valence electrons. The minimum atomic E-state index is -4.32. The number of hydrogen-bond acceptors (Lipinski definition) is 3. The third-order valence-corrected chi connectivity index (χ3v) is 3.87. The molecular weight excluding hydrogens is 309 g/mol. The molecule has 0 bridgehead atoms. The number of ether oxygens (including phenoxy) is 1. The molecule has 1 heterocycles. The Morgan fingerprint density at radius 1 is 1.35 bits per heavy atom. The van der Waals surface area contributed by atoms with E-state index >= 15 is 0 Å². The third-order valence-electron chi connectivity index (χ3n) is 3.87. The molecule has 1 saturated heterocycles. The van der Waals surface area contributed by atoms with Gasteiger partial charge in [-0.05, 0) is 31.4 Å². The number of likely N-dealkylation sites (tertiary alicyclic amines) is 1. The zero-order chi connectivity index (χ0) is 16.9. The highest BCUT2D eigenvalue weighted by Crippen LogP contribution is 2.29. The van der Waals surface area contributed by atoms with Crippen molar-refractivity contribution in [3.05, 3.63) is 35.4 Å². The average Bonchev–Trinajstić information content (AvgIpc) is 2.53. The fraction of sp³-hybridized carbons (Fsp3) is 0.562. The van der Waals surface area contributed by atoms with Crippen molar-refractivity contribution in [3.8, 4) is 0 Å². The number of hydrogen-bond donors (Lipinski definition) is 1. The largest absolute Gasteiger partial charge is 0.450 e. The molecule has 0 aliphatic carbocycles. The van der Waals surface area contributed by atoms with E-state index in [1.54, 1.807) is 17.9 Å². The fourth-order valence-corrected chi connectivity index (χ4v) is 2.60. The number of halogens is 3. The van der Waals surface area contributed by atoms with E-state index in [9.17, 15) is 18.0 Å². The Morgan fingerprint density at radius 2 is 2.04 bits per heavy atom. The molecule has 0 aromatic heterocycles. The smallest absolute Gasteiger partial charge is 0.416 e. The van der Waals surface area contributed by atoms with E-state index in [0.717, 1.165) is 18.9 Å². The number of piperidine rings is 1. The van der Waals surface area contributed by atoms with Gasteiger partial charge in [0.25, 0.3) is 0 Å². The predicted molar refractivity (Wildman–Crippen MR) is 79.9 cm³/mol. The second-order valence-electron chi connectivity index (χ2n) is 5.54. The summed E-state index contributed by atoms with van der Waals surface area (Å²) >= 11 is 0. The lowest BCUT2D eigenvalue weighted by Crippen LogP contribution is -2.44. The number of nitrogens with one attached hydrogen (secondary N) is 1. The zero-order valence-electron chi connectivity index (χ0n) is 13.0. The highest BCUT2D eigenvalue weighted by atomic mass is 19.4. The molecule has 1 fully saturated rings. The molecule has 1 N–H and O–H groups in total. The maximum absolute atomic E-state index is 12.7. The van der Waals surface area contributed by atoms with E-state index in [1.165, 1.54) is 12.1 Å². The topological polar surface area (TPSA) is 41.6 Å². The van der Waals surface area contributed by atoms with Gasteiger partial charge in [-0.25, -0.2) is 4.79 Å². The first kappa shape index (κ1) is 17.6. The summed E-state index contributed by atoms with van der Waals surface area (Å²) in [6.45, 7) is 3.69. The molecule has 23 heavy (non-hydrogen) atoms. The number of nitrogens with zero attached hydrogens (tertiary/aromatic N) is 1. The van der Waals surface area contributed by atoms with Crippen LogP contribution in [0.4, 0.5) is 18.0 Å². The van der Waals surface area contributed by atoms with Crippen molar-refractivity contribution < 1.29 is 22.7 Å². The van der Waals surface area contributed by atoms with E-state index in [-0.39, 0.29) is 12.1 Å². The van der Waals surface area contributed by atoms with Gasteiger partial charge in [-0.2, -0.15) is 13.2 Å². The average molecular weight is 330 g/mol. The van der Waals surface area contributed by atoms with Gasteiger partial charge in [-0.3, -0.25) is 0 Å². The molecule has 0 unspecified atom stereocenters. The third kappa shape index (κ3) is 5.13. The van der Waals surface area contributed by atoms with Gasteiger partial charge in [0.1, 0.15) is 0 Å². The first-order valence-corrected chi connectivity index (χ1v) is 7.71. The van der Waals surface area contributed by atoms with Crippen LogP contribution in [0.15, 0.2) is 24.3 Å². The van der Waals surface area contributed by atoms with Gasteiger partial charge < -0.3 is 15.0 Å². The maximum Gasteiger partial charge on any atom is 0.416 e. The van der Waals surface area contributed by atoms with E-state index in [0.29, 0.717) is 31.8 Å². The molecule has 0 saturated carbocycles. The van der Waals surface area contributed by atoms with Crippen molar-refractivity contribution in [1.29, 1.82) is 0 Å². The lowest BCUT2D eigenvalue weighted by molar-refractivity contribution is -0.137. The monoisotopic (exact) mass is 330 g/mol. The normalized spacial score (nSPS) is 16.4. The van der Waals surface area contributed by atoms with Crippen LogP contribution in [0, 0.1) is 0 Å². The zero-order valence-corrected chi connectivity index (χ0v) is 13.0. The highest BCUT2D eigenvalue weighted by molar-refractivity contribution is 5.67. The molecule has 0 atom stereocenters. The number of alkyl halides is 3. The summed E-state index contributed by atoms with van der Waals surface area (Å²) in [7, 11) is 0. The minimum Gasteiger partial charge on any atom is -0.450 e. The predicted octanol–water partition coefficient (Wildman–Crippen LogP) is 3.42. The number of amides is 1. The van der Waals surface area contributed by atoms with Crippen molar-refractivity contribution in [3.63, 3.8) is 0 Å². The van der Waals surface area contributed by atoms with Crippen LogP contribution >= 0.6 is 0 Å². The van der Waals surface area contributed by atoms with Crippen LogP contribution in [0.5, 0.6) is 0 Å². The molecule has 0 radical (unpaired) electrons. The summed E-state index contributed by atoms with van der Waals surface area (Å²) < 4.78 is 43.0. The highest BCUT2D eigenvalue weighted by Gasteiger charge is 2.30. The quantitative estimate of drug-likeness (QED) is 0.920. The lowest BCUT2D eigenvalue weighted by atomic mass is 10.0. The van der Waals surface area contributed by atoms with Gasteiger partial charge in [0.15, 0.2) is 0 Å². The Balaban J connectivity index is 1.81. The van der Waals surface area contributed by atoms with Crippen molar-refractivity contribution in [1.82, 2.24) is 10.2 Å². The van der Waals surface area contributed by atoms with Crippen molar-refractivity contribution in [2.24, 2.45) is 0 Å². The summed E-state index contributed by atoms with van der Waals surface area (Å²) in [4.78, 5) is 13.3. The van der Waals surface area contributed by atoms with Gasteiger partial charge in [0.05, 0.1) is 12.2 Å². The molecule has 0 spiro atoms. The van der Waals surface area contributed by atoms with Gasteiger partial charge in [0, 0.05) is 25.7 Å². The fourth-order valence-electron chi connectivity index (χ4n) is 2.60. The van der Waals surface area contributed by atoms with Crippen LogP contribution in [0.2, 0.25) is 0 Å². The second-order valence-corrected chi connectivity index (χ2v) is 5.54. The molecule has 2 rings (SSSR count). The number of rotatable bonds is 4. The standard InChI is InChI=1S/C16H21F3N2O2/c1-2-23-15(22)21-8-6-14(7-9-21)20-11-12-4-3-5-13(10-12)16(17,18)19/h3-5,10,14,20H,2,6-9,11H2,1H3. The molecule has 4 nitrogen and oxygen atoms in total. The van der Waals surface area contributed by atoms with Crippen LogP contribution < -0.4 is 5.32 Å². The van der Waals surface area contributed by atoms with E-state index < -0.39 is 11.7 Å². The number of benzene rings is 1.